The van der Waals surface area contributed by atoms with Gasteiger partial charge in [0.05, 0.1) is 159 Å². The average molecular weight is 1410 g/mol. The minimum atomic E-state index is -0.767. The van der Waals surface area contributed by atoms with Crippen molar-refractivity contribution in [1.82, 2.24) is 19.9 Å². The van der Waals surface area contributed by atoms with Crippen molar-refractivity contribution in [2.75, 3.05) is 76.1 Å². The molecule has 17 rings (SSSR count). The fourth-order valence-corrected chi connectivity index (χ4v) is 14.6. The molecule has 0 saturated heterocycles. The van der Waals surface area contributed by atoms with Crippen molar-refractivity contribution in [3.05, 3.63) is 120 Å². The van der Waals surface area contributed by atoms with E-state index in [1.54, 1.807) is 101 Å². The summed E-state index contributed by atoms with van der Waals surface area (Å²) >= 11 is 0. The molecule has 12 bridgehead atoms. The molecular weight excluding hydrogens is 1330 g/mol. The second-order valence-electron chi connectivity index (χ2n) is 27.3. The Morgan fingerprint density at radius 2 is 0.538 bits per heavy atom. The third-order valence-corrected chi connectivity index (χ3v) is 20.5. The highest BCUT2D eigenvalue weighted by Crippen LogP contribution is 2.52. The quantitative estimate of drug-likeness (QED) is 0.0665. The van der Waals surface area contributed by atoms with E-state index in [2.05, 4.69) is 31.2 Å². The number of esters is 4. The predicted octanol–water partition coefficient (Wildman–Crippen LogP) is 13.0. The fraction of sp³-hybridized carbons (Fsp3) is 0.350. The molecule has 24 heteroatoms. The molecule has 4 amide bonds. The Labute approximate surface area is 598 Å². The molecule has 10 aliphatic rings. The number of H-pyrrole nitrogens is 2. The molecule has 7 aromatic rings. The highest BCUT2D eigenvalue weighted by molar-refractivity contribution is 6.13. The van der Waals surface area contributed by atoms with E-state index in [1.165, 1.54) is 0 Å². The first-order valence-electron chi connectivity index (χ1n) is 35.5. The first kappa shape index (κ1) is 68.2. The molecule has 8 atom stereocenters. The number of ether oxygens (including phenoxy) is 8. The van der Waals surface area contributed by atoms with Crippen molar-refractivity contribution in [2.24, 2.45) is 47.3 Å². The Hall–Kier alpha value is -11.6. The largest absolute Gasteiger partial charge is 0.496 e. The normalized spacial score (nSPS) is 22.9. The maximum Gasteiger partial charge on any atom is 0.309 e. The molecule has 0 spiro atoms. The summed E-state index contributed by atoms with van der Waals surface area (Å²) in [6, 6.07) is 28.4. The lowest BCUT2D eigenvalue weighted by Gasteiger charge is -2.18. The van der Waals surface area contributed by atoms with Crippen LogP contribution in [0.25, 0.3) is 90.9 Å². The monoisotopic (exact) mass is 1410 g/mol. The van der Waals surface area contributed by atoms with Gasteiger partial charge < -0.3 is 69.1 Å². The number of fused-ring (bicyclic) bond motifs is 22. The molecule has 2 unspecified atom stereocenters. The lowest BCUT2D eigenvalue weighted by atomic mass is 9.98. The second kappa shape index (κ2) is 29.1. The SMILES string of the molecule is COc1cccc(OC)c1-c1c2nc(c3c4ccc([nH]4)c(-c4c(OC)cccc4OC)c4nc(c(c5ccc1[nH]5)-c1c5cccc1NC(=O)[C@H]1C[C@@H]1C(=O)OCCCCCCOC(=O)[C@@H]1CC1C(=O)Nc1cccc(c1-3)NC(=O)[C@H]1C[C@@H]1C(=O)OCCCCCCOC(=O)[C@@H]1CC1C(=O)N5)C=C4)C=C2. The zero-order valence-electron chi connectivity index (χ0n) is 57.9. The zero-order chi connectivity index (χ0) is 71.9. The number of carbonyl (C=O) groups is 8. The molecule has 4 saturated carbocycles. The summed E-state index contributed by atoms with van der Waals surface area (Å²) in [5.74, 6) is -8.25. The number of amides is 4. The number of methoxy groups -OCH3 is 4. The second-order valence-corrected chi connectivity index (χ2v) is 27.3. The summed E-state index contributed by atoms with van der Waals surface area (Å²) in [4.78, 5) is 133. The van der Waals surface area contributed by atoms with Crippen LogP contribution in [-0.2, 0) is 57.3 Å². The highest BCUT2D eigenvalue weighted by Gasteiger charge is 2.53. The summed E-state index contributed by atoms with van der Waals surface area (Å²) < 4.78 is 47.8. The molecule has 3 aromatic heterocycles. The molecule has 4 aliphatic carbocycles. The van der Waals surface area contributed by atoms with Gasteiger partial charge in [-0.1, -0.05) is 24.3 Å². The summed E-state index contributed by atoms with van der Waals surface area (Å²) in [6.45, 7) is 0.470. The van der Waals surface area contributed by atoms with E-state index in [-0.39, 0.29) is 74.9 Å². The van der Waals surface area contributed by atoms with Gasteiger partial charge in [-0.3, -0.25) is 38.4 Å². The third-order valence-electron chi connectivity index (χ3n) is 20.5. The van der Waals surface area contributed by atoms with Gasteiger partial charge in [-0.15, -0.1) is 0 Å². The third kappa shape index (κ3) is 13.6. The minimum absolute atomic E-state index is 0.117. The van der Waals surface area contributed by atoms with Crippen LogP contribution in [0.15, 0.2) is 97.1 Å². The molecule has 104 heavy (non-hydrogen) atoms. The molecular formula is C80H78N8O16. The summed E-state index contributed by atoms with van der Waals surface area (Å²) in [7, 11) is 6.18. The summed E-state index contributed by atoms with van der Waals surface area (Å²) in [5, 5.41) is 12.7. The lowest BCUT2D eigenvalue weighted by Crippen LogP contribution is -2.21. The molecule has 24 nitrogen and oxygen atoms in total. The van der Waals surface area contributed by atoms with Gasteiger partial charge in [-0.25, -0.2) is 9.97 Å². The number of hydrogen-bond acceptors (Lipinski definition) is 18. The maximum atomic E-state index is 14.9. The maximum absolute atomic E-state index is 14.9. The Balaban J connectivity index is 1.04. The summed E-state index contributed by atoms with van der Waals surface area (Å²) in [6.07, 6.45) is 13.0. The van der Waals surface area contributed by atoms with Crippen LogP contribution in [0.3, 0.4) is 0 Å². The van der Waals surface area contributed by atoms with Crippen molar-refractivity contribution < 1.29 is 76.3 Å². The molecule has 0 radical (unpaired) electrons. The van der Waals surface area contributed by atoms with Crippen LogP contribution in [0.4, 0.5) is 22.7 Å². The molecule has 534 valence electrons. The number of aromatic nitrogens is 4. The van der Waals surface area contributed by atoms with E-state index in [0.29, 0.717) is 164 Å². The lowest BCUT2D eigenvalue weighted by molar-refractivity contribution is -0.147. The van der Waals surface area contributed by atoms with Crippen LogP contribution in [0.1, 0.15) is 99.8 Å². The smallest absolute Gasteiger partial charge is 0.309 e. The standard InChI is InChI=1S/C80H78N8O16/c1-97-61-21-15-22-62(98-2)71(61)69-57-29-25-53(81-57)67-55-27-31-59(83-55)70(72-63(99-3)23-16-24-64(72)100-4)60-32-28-56(84-60)68(54-26-30-58(69)82-54)66-50-18-14-20-52(66)88-76(92)44-40-48(44)80(96)104-36-12-8-7-11-35-103-79(95)47-39-43(47)75(91)87-51-19-13-17-49(65(51)67)85-73(89)41-37-45(41)77(93)101-33-9-5-6-10-34-102-78(94)46-38-42(46)74(90)86-50/h13-32,41-48,81,84H,5-12,33-40H2,1-4H3,(H,85,89)(H,86,90)(H,87,91)(H,88,92)/t41-,42?,43?,44-,45-,46+,47+,48-/m0/s1. The van der Waals surface area contributed by atoms with Gasteiger partial charge in [-0.05, 0) is 174 Å². The van der Waals surface area contributed by atoms with Crippen molar-refractivity contribution in [3.8, 4) is 67.5 Å². The molecule has 9 heterocycles. The van der Waals surface area contributed by atoms with Gasteiger partial charge in [0.1, 0.15) is 23.0 Å². The van der Waals surface area contributed by atoms with Crippen molar-refractivity contribution in [3.63, 3.8) is 0 Å². The van der Waals surface area contributed by atoms with E-state index in [4.69, 9.17) is 47.9 Å². The van der Waals surface area contributed by atoms with Crippen LogP contribution < -0.4 is 40.2 Å². The van der Waals surface area contributed by atoms with E-state index in [1.807, 2.05) is 48.6 Å². The Morgan fingerprint density at radius 1 is 0.298 bits per heavy atom. The van der Waals surface area contributed by atoms with E-state index in [9.17, 15) is 38.4 Å². The van der Waals surface area contributed by atoms with Crippen molar-refractivity contribution in [2.45, 2.75) is 77.0 Å². The van der Waals surface area contributed by atoms with E-state index >= 15 is 0 Å². The van der Waals surface area contributed by atoms with Crippen LogP contribution in [0.2, 0.25) is 0 Å². The topological polar surface area (TPSA) is 316 Å². The molecule has 6 aliphatic heterocycles. The number of nitrogens with zero attached hydrogens (tertiary/aromatic N) is 2. The predicted molar refractivity (Wildman–Crippen MR) is 388 cm³/mol. The van der Waals surface area contributed by atoms with Gasteiger partial charge in [0.15, 0.2) is 0 Å². The van der Waals surface area contributed by atoms with Gasteiger partial charge in [0.25, 0.3) is 0 Å². The summed E-state index contributed by atoms with van der Waals surface area (Å²) in [5.41, 5.74) is 7.48. The van der Waals surface area contributed by atoms with Gasteiger partial charge in [0, 0.05) is 55.4 Å². The van der Waals surface area contributed by atoms with Crippen molar-refractivity contribution in [1.29, 1.82) is 0 Å². The van der Waals surface area contributed by atoms with Gasteiger partial charge >= 0.3 is 23.9 Å². The molecule has 6 N–H and O–H groups in total. The number of rotatable bonds is 6. The number of hydrogen-bond donors (Lipinski definition) is 6. The zero-order valence-corrected chi connectivity index (χ0v) is 57.9. The molecule has 4 aromatic carbocycles. The Kier molecular flexibility index (Phi) is 19.1. The first-order chi connectivity index (χ1) is 50.7. The number of anilines is 4. The Bertz CT molecular complexity index is 4450. The van der Waals surface area contributed by atoms with Crippen LogP contribution >= 0.6 is 0 Å². The first-order valence-corrected chi connectivity index (χ1v) is 35.5. The fourth-order valence-electron chi connectivity index (χ4n) is 14.6. The van der Waals surface area contributed by atoms with E-state index in [0.717, 1.165) is 0 Å². The van der Waals surface area contributed by atoms with Gasteiger partial charge in [0.2, 0.25) is 23.6 Å². The van der Waals surface area contributed by atoms with Crippen LogP contribution in [-0.4, -0.2) is 122 Å². The average Bonchev–Trinajstić information content (AvgIpc) is 1.55. The van der Waals surface area contributed by atoms with Crippen LogP contribution in [0, 0.1) is 47.3 Å². The number of nitrogens with one attached hydrogen (secondary N) is 6. The van der Waals surface area contributed by atoms with Gasteiger partial charge in [-0.2, -0.15) is 0 Å². The van der Waals surface area contributed by atoms with E-state index < -0.39 is 94.8 Å². The minimum Gasteiger partial charge on any atom is -0.496 e. The number of benzene rings is 4. The number of aromatic amines is 2. The Morgan fingerprint density at radius 3 is 0.788 bits per heavy atom. The van der Waals surface area contributed by atoms with Crippen LogP contribution in [0.5, 0.6) is 23.0 Å². The number of carbonyl (C=O) groups excluding carboxylic acids is 8. The highest BCUT2D eigenvalue weighted by atomic mass is 16.5. The molecule has 4 fully saturated rings. The van der Waals surface area contributed by atoms with Crippen molar-refractivity contribution >= 4 is 117 Å².